The summed E-state index contributed by atoms with van der Waals surface area (Å²) < 4.78 is 5.56. The van der Waals surface area contributed by atoms with Crippen molar-refractivity contribution in [3.8, 4) is 5.75 Å². The molecule has 0 saturated carbocycles. The molecule has 114 valence electrons. The van der Waals surface area contributed by atoms with Crippen molar-refractivity contribution in [2.75, 3.05) is 13.2 Å². The van der Waals surface area contributed by atoms with Gasteiger partial charge in [0.2, 0.25) is 0 Å². The molecule has 5 heteroatoms. The maximum Gasteiger partial charge on any atom is 0.119 e. The van der Waals surface area contributed by atoms with Crippen molar-refractivity contribution in [3.63, 3.8) is 0 Å². The highest BCUT2D eigenvalue weighted by molar-refractivity contribution is 7.09. The number of aliphatic hydroxyl groups excluding tert-OH is 1. The molecule has 0 aliphatic heterocycles. The molecule has 0 spiro atoms. The number of thiazole rings is 1. The number of hydrogen-bond acceptors (Lipinski definition) is 5. The molecule has 1 heterocycles. The number of nitrogens with zero attached hydrogens (tertiary/aromatic N) is 1. The Morgan fingerprint density at radius 2 is 2.00 bits per heavy atom. The zero-order valence-corrected chi connectivity index (χ0v) is 13.5. The lowest BCUT2D eigenvalue weighted by Crippen LogP contribution is -2.33. The molecular weight excluding hydrogens is 284 g/mol. The van der Waals surface area contributed by atoms with Crippen LogP contribution in [-0.2, 0) is 0 Å². The predicted molar refractivity (Wildman–Crippen MR) is 85.9 cm³/mol. The fourth-order valence-corrected chi connectivity index (χ4v) is 2.69. The first-order chi connectivity index (χ1) is 10.0. The minimum absolute atomic E-state index is 0.137. The number of hydrogen-bond donors (Lipinski definition) is 2. The summed E-state index contributed by atoms with van der Waals surface area (Å²) in [6.45, 7) is 6.82. The molecule has 0 saturated heterocycles. The van der Waals surface area contributed by atoms with Crippen molar-refractivity contribution in [1.29, 1.82) is 0 Å². The highest BCUT2D eigenvalue weighted by Gasteiger charge is 2.12. The van der Waals surface area contributed by atoms with Gasteiger partial charge in [0, 0.05) is 17.6 Å². The maximum atomic E-state index is 9.96. The molecule has 2 unspecified atom stereocenters. The average molecular weight is 306 g/mol. The molecule has 0 amide bonds. The third kappa shape index (κ3) is 5.12. The molecule has 0 radical (unpaired) electrons. The van der Waals surface area contributed by atoms with Crippen LogP contribution in [0, 0.1) is 13.8 Å². The number of rotatable bonds is 7. The molecule has 1 aromatic heterocycles. The first kappa shape index (κ1) is 15.9. The Morgan fingerprint density at radius 1 is 1.29 bits per heavy atom. The van der Waals surface area contributed by atoms with E-state index in [-0.39, 0.29) is 12.6 Å². The van der Waals surface area contributed by atoms with Gasteiger partial charge in [-0.2, -0.15) is 0 Å². The molecule has 21 heavy (non-hydrogen) atoms. The van der Waals surface area contributed by atoms with E-state index in [1.165, 1.54) is 5.56 Å². The summed E-state index contributed by atoms with van der Waals surface area (Å²) >= 11 is 1.63. The number of aromatic nitrogens is 1. The van der Waals surface area contributed by atoms with E-state index in [0.29, 0.717) is 6.54 Å². The Bertz CT molecular complexity index is 554. The Kier molecular flexibility index (Phi) is 5.73. The van der Waals surface area contributed by atoms with Crippen molar-refractivity contribution in [1.82, 2.24) is 10.3 Å². The quantitative estimate of drug-likeness (QED) is 0.826. The molecular formula is C16H22N2O2S. The van der Waals surface area contributed by atoms with Gasteiger partial charge in [-0.1, -0.05) is 17.7 Å². The van der Waals surface area contributed by atoms with Gasteiger partial charge in [-0.3, -0.25) is 0 Å². The molecule has 0 fully saturated rings. The lowest BCUT2D eigenvalue weighted by atomic mass is 10.2. The van der Waals surface area contributed by atoms with E-state index in [9.17, 15) is 5.11 Å². The zero-order chi connectivity index (χ0) is 15.2. The second-order valence-corrected chi connectivity index (χ2v) is 6.12. The van der Waals surface area contributed by atoms with Crippen molar-refractivity contribution >= 4 is 11.3 Å². The minimum Gasteiger partial charge on any atom is -0.491 e. The minimum atomic E-state index is -0.546. The van der Waals surface area contributed by atoms with Crippen LogP contribution in [-0.4, -0.2) is 29.3 Å². The Labute approximate surface area is 129 Å². The van der Waals surface area contributed by atoms with Crippen LogP contribution in [0.15, 0.2) is 29.6 Å². The van der Waals surface area contributed by atoms with Gasteiger partial charge in [0.15, 0.2) is 0 Å². The second kappa shape index (κ2) is 7.54. The molecule has 1 aromatic carbocycles. The number of aliphatic hydroxyl groups is 1. The highest BCUT2D eigenvalue weighted by Crippen LogP contribution is 2.17. The molecule has 2 rings (SSSR count). The summed E-state index contributed by atoms with van der Waals surface area (Å²) in [6.07, 6.45) is -0.546. The number of nitrogens with one attached hydrogen (secondary N) is 1. The summed E-state index contributed by atoms with van der Waals surface area (Å²) in [5.74, 6) is 0.781. The number of benzene rings is 1. The molecule has 2 atom stereocenters. The van der Waals surface area contributed by atoms with Crippen molar-refractivity contribution in [2.24, 2.45) is 0 Å². The average Bonchev–Trinajstić information content (AvgIpc) is 2.91. The van der Waals surface area contributed by atoms with E-state index >= 15 is 0 Å². The van der Waals surface area contributed by atoms with Crippen LogP contribution in [0.4, 0.5) is 0 Å². The lowest BCUT2D eigenvalue weighted by Gasteiger charge is -2.16. The van der Waals surface area contributed by atoms with Crippen molar-refractivity contribution in [2.45, 2.75) is 32.9 Å². The summed E-state index contributed by atoms with van der Waals surface area (Å²) in [5, 5.41) is 16.3. The summed E-state index contributed by atoms with van der Waals surface area (Å²) in [4.78, 5) is 4.43. The monoisotopic (exact) mass is 306 g/mol. The van der Waals surface area contributed by atoms with Crippen molar-refractivity contribution in [3.05, 3.63) is 45.9 Å². The number of ether oxygens (including phenoxy) is 1. The van der Waals surface area contributed by atoms with Gasteiger partial charge in [0.1, 0.15) is 23.5 Å². The standard InChI is InChI=1S/C16H22N2O2S/c1-11-4-6-15(7-5-11)20-9-14(19)8-17-13(3)16-18-12(2)10-21-16/h4-7,10,13-14,17,19H,8-9H2,1-3H3. The molecule has 4 nitrogen and oxygen atoms in total. The van der Waals surface area contributed by atoms with Crippen molar-refractivity contribution < 1.29 is 9.84 Å². The van der Waals surface area contributed by atoms with Crippen LogP contribution in [0.25, 0.3) is 0 Å². The highest BCUT2D eigenvalue weighted by atomic mass is 32.1. The smallest absolute Gasteiger partial charge is 0.119 e. The van der Waals surface area contributed by atoms with Gasteiger partial charge >= 0.3 is 0 Å². The van der Waals surface area contributed by atoms with E-state index in [1.807, 2.05) is 50.4 Å². The molecule has 0 aliphatic carbocycles. The van der Waals surface area contributed by atoms with Gasteiger partial charge in [-0.15, -0.1) is 11.3 Å². The van der Waals surface area contributed by atoms with Gasteiger partial charge < -0.3 is 15.2 Å². The van der Waals surface area contributed by atoms with E-state index in [0.717, 1.165) is 16.5 Å². The first-order valence-corrected chi connectivity index (χ1v) is 7.95. The molecule has 2 aromatic rings. The van der Waals surface area contributed by atoms with Crippen LogP contribution in [0.5, 0.6) is 5.75 Å². The van der Waals surface area contributed by atoms with E-state index in [2.05, 4.69) is 10.3 Å². The fraction of sp³-hybridized carbons (Fsp3) is 0.438. The van der Waals surface area contributed by atoms with Crippen LogP contribution >= 0.6 is 11.3 Å². The third-order valence-corrected chi connectivity index (χ3v) is 4.28. The van der Waals surface area contributed by atoms with Crippen LogP contribution < -0.4 is 10.1 Å². The topological polar surface area (TPSA) is 54.4 Å². The number of aryl methyl sites for hydroxylation is 2. The lowest BCUT2D eigenvalue weighted by molar-refractivity contribution is 0.104. The van der Waals surface area contributed by atoms with Gasteiger partial charge in [0.25, 0.3) is 0 Å². The van der Waals surface area contributed by atoms with E-state index in [4.69, 9.17) is 4.74 Å². The molecule has 0 aliphatic rings. The van der Waals surface area contributed by atoms with E-state index < -0.39 is 6.10 Å². The Balaban J connectivity index is 1.72. The maximum absolute atomic E-state index is 9.96. The van der Waals surface area contributed by atoms with Gasteiger partial charge in [-0.05, 0) is 32.9 Å². The summed E-state index contributed by atoms with van der Waals surface area (Å²) in [7, 11) is 0. The Morgan fingerprint density at radius 3 is 2.62 bits per heavy atom. The first-order valence-electron chi connectivity index (χ1n) is 7.07. The third-order valence-electron chi connectivity index (χ3n) is 3.13. The molecule has 0 bridgehead atoms. The normalized spacial score (nSPS) is 13.9. The SMILES string of the molecule is Cc1ccc(OCC(O)CNC(C)c2nc(C)cs2)cc1. The summed E-state index contributed by atoms with van der Waals surface area (Å²) in [6, 6.07) is 7.95. The fourth-order valence-electron chi connectivity index (χ4n) is 1.86. The van der Waals surface area contributed by atoms with Crippen LogP contribution in [0.1, 0.15) is 29.2 Å². The largest absolute Gasteiger partial charge is 0.491 e. The predicted octanol–water partition coefficient (Wildman–Crippen LogP) is 2.85. The second-order valence-electron chi connectivity index (χ2n) is 5.23. The Hall–Kier alpha value is -1.43. The van der Waals surface area contributed by atoms with Gasteiger partial charge in [0.05, 0.1) is 6.04 Å². The van der Waals surface area contributed by atoms with E-state index in [1.54, 1.807) is 11.3 Å². The van der Waals surface area contributed by atoms with Crippen LogP contribution in [0.3, 0.4) is 0 Å². The van der Waals surface area contributed by atoms with Crippen LogP contribution in [0.2, 0.25) is 0 Å². The summed E-state index contributed by atoms with van der Waals surface area (Å²) in [5.41, 5.74) is 2.23. The van der Waals surface area contributed by atoms with Gasteiger partial charge in [-0.25, -0.2) is 4.98 Å². The zero-order valence-electron chi connectivity index (χ0n) is 12.7. The molecule has 2 N–H and O–H groups in total.